The summed E-state index contributed by atoms with van der Waals surface area (Å²) in [6, 6.07) is 14.1. The maximum Gasteiger partial charge on any atom is 0.241 e. The molecule has 2 aliphatic rings. The third kappa shape index (κ3) is 3.67. The molecular weight excluding hydrogens is 362 g/mol. The first-order valence-electron chi connectivity index (χ1n) is 10.7. The van der Waals surface area contributed by atoms with E-state index in [0.29, 0.717) is 5.92 Å². The molecule has 5 rings (SSSR count). The summed E-state index contributed by atoms with van der Waals surface area (Å²) in [5, 5.41) is 3.12. The first kappa shape index (κ1) is 18.4. The summed E-state index contributed by atoms with van der Waals surface area (Å²) in [5.41, 5.74) is 5.51. The molecule has 1 saturated heterocycles. The molecule has 3 aromatic rings. The fourth-order valence-electron chi connectivity index (χ4n) is 4.66. The summed E-state index contributed by atoms with van der Waals surface area (Å²) in [6.07, 6.45) is 5.43. The molecule has 2 aromatic carbocycles. The van der Waals surface area contributed by atoms with E-state index in [9.17, 15) is 4.79 Å². The molecule has 2 heterocycles. The van der Waals surface area contributed by atoms with E-state index in [4.69, 9.17) is 4.42 Å². The number of hydrogen-bond donors (Lipinski definition) is 1. The monoisotopic (exact) mass is 389 g/mol. The van der Waals surface area contributed by atoms with Crippen LogP contribution in [0, 0.1) is 0 Å². The molecule has 1 N–H and O–H groups in total. The Labute approximate surface area is 171 Å². The number of oxazole rings is 1. The van der Waals surface area contributed by atoms with Crippen molar-refractivity contribution in [1.82, 2.24) is 9.88 Å². The van der Waals surface area contributed by atoms with Crippen LogP contribution in [0.3, 0.4) is 0 Å². The van der Waals surface area contributed by atoms with Crippen molar-refractivity contribution < 1.29 is 9.21 Å². The SMILES string of the molecule is CC(C(=O)Nc1ccc2c(c1)CCC2)N1CCC(c2nc3ccccc3o2)CC1. The smallest absolute Gasteiger partial charge is 0.241 e. The van der Waals surface area contributed by atoms with Crippen LogP contribution in [-0.4, -0.2) is 34.9 Å². The molecule has 5 heteroatoms. The van der Waals surface area contributed by atoms with Gasteiger partial charge >= 0.3 is 0 Å². The lowest BCUT2D eigenvalue weighted by molar-refractivity contribution is -0.121. The number of amides is 1. The van der Waals surface area contributed by atoms with E-state index in [1.165, 1.54) is 17.5 Å². The van der Waals surface area contributed by atoms with Gasteiger partial charge in [-0.05, 0) is 87.5 Å². The predicted molar refractivity (Wildman–Crippen MR) is 114 cm³/mol. The molecule has 1 fully saturated rings. The van der Waals surface area contributed by atoms with E-state index in [1.807, 2.05) is 37.3 Å². The van der Waals surface area contributed by atoms with Crippen LogP contribution in [0.1, 0.15) is 49.1 Å². The normalized spacial score (nSPS) is 18.7. The van der Waals surface area contributed by atoms with Gasteiger partial charge in [0.15, 0.2) is 11.5 Å². The predicted octanol–water partition coefficient (Wildman–Crippen LogP) is 4.52. The van der Waals surface area contributed by atoms with Gasteiger partial charge in [0, 0.05) is 11.6 Å². The lowest BCUT2D eigenvalue weighted by Crippen LogP contribution is -2.45. The molecule has 1 aliphatic heterocycles. The second-order valence-corrected chi connectivity index (χ2v) is 8.33. The van der Waals surface area contributed by atoms with Gasteiger partial charge in [0.1, 0.15) is 5.52 Å². The van der Waals surface area contributed by atoms with Gasteiger partial charge in [0.25, 0.3) is 0 Å². The number of nitrogens with zero attached hydrogens (tertiary/aromatic N) is 2. The zero-order chi connectivity index (χ0) is 19.8. The van der Waals surface area contributed by atoms with Gasteiger partial charge in [0.05, 0.1) is 6.04 Å². The van der Waals surface area contributed by atoms with Crippen LogP contribution in [0.25, 0.3) is 11.1 Å². The maximum atomic E-state index is 12.8. The Morgan fingerprint density at radius 2 is 1.93 bits per heavy atom. The fraction of sp³-hybridized carbons (Fsp3) is 0.417. The number of aryl methyl sites for hydroxylation is 2. The average Bonchev–Trinajstić information content (AvgIpc) is 3.39. The highest BCUT2D eigenvalue weighted by molar-refractivity contribution is 5.94. The molecular formula is C24H27N3O2. The van der Waals surface area contributed by atoms with Crippen molar-refractivity contribution >= 4 is 22.7 Å². The number of para-hydroxylation sites is 2. The number of rotatable bonds is 4. The highest BCUT2D eigenvalue weighted by Gasteiger charge is 2.29. The number of carbonyl (C=O) groups excluding carboxylic acids is 1. The van der Waals surface area contributed by atoms with Crippen molar-refractivity contribution in [1.29, 1.82) is 0 Å². The summed E-state index contributed by atoms with van der Waals surface area (Å²) in [6.45, 7) is 3.76. The molecule has 1 unspecified atom stereocenters. The van der Waals surface area contributed by atoms with E-state index >= 15 is 0 Å². The van der Waals surface area contributed by atoms with Gasteiger partial charge in [0.2, 0.25) is 5.91 Å². The summed E-state index contributed by atoms with van der Waals surface area (Å²) < 4.78 is 5.96. The topological polar surface area (TPSA) is 58.4 Å². The van der Waals surface area contributed by atoms with Crippen LogP contribution in [-0.2, 0) is 17.6 Å². The summed E-state index contributed by atoms with van der Waals surface area (Å²) in [4.78, 5) is 19.7. The van der Waals surface area contributed by atoms with E-state index in [0.717, 1.165) is 61.5 Å². The van der Waals surface area contributed by atoms with Crippen molar-refractivity contribution in [2.24, 2.45) is 0 Å². The highest BCUT2D eigenvalue weighted by atomic mass is 16.3. The Kier molecular flexibility index (Phi) is 4.84. The number of anilines is 1. The number of benzene rings is 2. The first-order chi connectivity index (χ1) is 14.2. The average molecular weight is 389 g/mol. The summed E-state index contributed by atoms with van der Waals surface area (Å²) >= 11 is 0. The van der Waals surface area contributed by atoms with Gasteiger partial charge in [-0.25, -0.2) is 4.98 Å². The summed E-state index contributed by atoms with van der Waals surface area (Å²) in [5.74, 6) is 1.23. The van der Waals surface area contributed by atoms with E-state index in [2.05, 4.69) is 27.3 Å². The minimum absolute atomic E-state index is 0.0725. The third-order valence-corrected chi connectivity index (χ3v) is 6.48. The Bertz CT molecular complexity index is 1000. The molecule has 0 spiro atoms. The molecule has 0 radical (unpaired) electrons. The van der Waals surface area contributed by atoms with Crippen molar-refractivity contribution in [2.45, 2.75) is 51.0 Å². The molecule has 0 saturated carbocycles. The van der Waals surface area contributed by atoms with Crippen LogP contribution < -0.4 is 5.32 Å². The van der Waals surface area contributed by atoms with Crippen molar-refractivity contribution in [3.8, 4) is 0 Å². The molecule has 1 atom stereocenters. The van der Waals surface area contributed by atoms with Gasteiger partial charge in [-0.15, -0.1) is 0 Å². The van der Waals surface area contributed by atoms with Gasteiger partial charge < -0.3 is 9.73 Å². The fourth-order valence-corrected chi connectivity index (χ4v) is 4.66. The second-order valence-electron chi connectivity index (χ2n) is 8.33. The Morgan fingerprint density at radius 3 is 2.76 bits per heavy atom. The molecule has 5 nitrogen and oxygen atoms in total. The van der Waals surface area contributed by atoms with E-state index in [-0.39, 0.29) is 11.9 Å². The zero-order valence-corrected chi connectivity index (χ0v) is 16.9. The van der Waals surface area contributed by atoms with Crippen LogP contribution >= 0.6 is 0 Å². The van der Waals surface area contributed by atoms with Crippen molar-refractivity contribution in [3.05, 3.63) is 59.5 Å². The van der Waals surface area contributed by atoms with Crippen LogP contribution in [0.5, 0.6) is 0 Å². The Hall–Kier alpha value is -2.66. The molecule has 0 bridgehead atoms. The van der Waals surface area contributed by atoms with Gasteiger partial charge in [-0.2, -0.15) is 0 Å². The number of fused-ring (bicyclic) bond motifs is 2. The third-order valence-electron chi connectivity index (χ3n) is 6.48. The standard InChI is InChI=1S/C24H27N3O2/c1-16(23(28)25-20-10-9-17-5-4-6-19(17)15-20)27-13-11-18(12-14-27)24-26-21-7-2-3-8-22(21)29-24/h2-3,7-10,15-16,18H,4-6,11-14H2,1H3,(H,25,28). The minimum Gasteiger partial charge on any atom is -0.440 e. The number of likely N-dealkylation sites (tertiary alicyclic amines) is 1. The molecule has 1 amide bonds. The first-order valence-corrected chi connectivity index (χ1v) is 10.7. The maximum absolute atomic E-state index is 12.8. The summed E-state index contributed by atoms with van der Waals surface area (Å²) in [7, 11) is 0. The van der Waals surface area contributed by atoms with Crippen LogP contribution in [0.2, 0.25) is 0 Å². The van der Waals surface area contributed by atoms with Crippen molar-refractivity contribution in [3.63, 3.8) is 0 Å². The second kappa shape index (κ2) is 7.64. The number of aromatic nitrogens is 1. The van der Waals surface area contributed by atoms with Gasteiger partial charge in [-0.1, -0.05) is 18.2 Å². The van der Waals surface area contributed by atoms with Crippen LogP contribution in [0.15, 0.2) is 46.9 Å². The molecule has 1 aliphatic carbocycles. The lowest BCUT2D eigenvalue weighted by Gasteiger charge is -2.34. The number of carbonyl (C=O) groups is 1. The minimum atomic E-state index is -0.146. The number of hydrogen-bond acceptors (Lipinski definition) is 4. The Morgan fingerprint density at radius 1 is 1.14 bits per heavy atom. The van der Waals surface area contributed by atoms with E-state index < -0.39 is 0 Å². The Balaban J connectivity index is 1.19. The van der Waals surface area contributed by atoms with E-state index in [1.54, 1.807) is 0 Å². The zero-order valence-electron chi connectivity index (χ0n) is 16.9. The molecule has 29 heavy (non-hydrogen) atoms. The highest BCUT2D eigenvalue weighted by Crippen LogP contribution is 2.31. The number of nitrogens with one attached hydrogen (secondary N) is 1. The lowest BCUT2D eigenvalue weighted by atomic mass is 9.95. The number of piperidine rings is 1. The van der Waals surface area contributed by atoms with Crippen LogP contribution in [0.4, 0.5) is 5.69 Å². The largest absolute Gasteiger partial charge is 0.440 e. The molecule has 1 aromatic heterocycles. The molecule has 150 valence electrons. The van der Waals surface area contributed by atoms with Gasteiger partial charge in [-0.3, -0.25) is 9.69 Å². The quantitative estimate of drug-likeness (QED) is 0.713. The van der Waals surface area contributed by atoms with Crippen molar-refractivity contribution in [2.75, 3.05) is 18.4 Å².